The number of hydrogen-bond donors (Lipinski definition) is 12. The molecule has 17 atom stereocenters. The zero-order chi connectivity index (χ0) is 70.4. The SMILES string of the molecule is CC/C=C\C/C=C\C/C=C\C/C=C\C/C=C\CCCCCCCCCCCCCCCC(=O)NC(COC1OC(CO)C(OC2OC(CO)C(OC3OC(CO)C(O)C(O)C3O)C(O)C2O)C(O)C1O)C(O)CCCCCCCCCCCCCCCCCCCCCCCCC. The standard InChI is InChI=1S/C78H141NO18/c1-3-5-7-9-11-13-15-17-19-21-23-25-27-28-29-30-31-32-34-36-38-40-42-44-46-48-50-52-54-56-66(84)79-61(62(83)55-53-51-49-47-45-43-41-39-37-35-33-26-24-22-20-18-16-14-12-10-8-6-4-2)60-92-76-72(90)69(87)74(64(58-81)94-76)97-78-73(91)70(88)75(65(59-82)95-78)96-77-71(89)68(86)67(85)63(57-80)93-77/h5,7,11,13,17,19,23,25,28-29,61-65,67-78,80-83,85-91H,3-4,6,8-10,12,14-16,18,20-22,24,26-27,30-60H2,1-2H3,(H,79,84)/b7-5-,13-11-,19-17-,25-23-,29-28-. The number of hydrogen-bond acceptors (Lipinski definition) is 18. The van der Waals surface area contributed by atoms with Gasteiger partial charge >= 0.3 is 0 Å². The zero-order valence-electron chi connectivity index (χ0n) is 60.3. The van der Waals surface area contributed by atoms with Crippen LogP contribution in [0.15, 0.2) is 60.8 Å². The first kappa shape index (κ1) is 88.7. The highest BCUT2D eigenvalue weighted by Gasteiger charge is 2.54. The molecule has 19 heteroatoms. The average Bonchev–Trinajstić information content (AvgIpc) is 0.789. The van der Waals surface area contributed by atoms with Gasteiger partial charge in [0.15, 0.2) is 18.9 Å². The van der Waals surface area contributed by atoms with E-state index in [0.29, 0.717) is 12.8 Å². The molecule has 566 valence electrons. The zero-order valence-corrected chi connectivity index (χ0v) is 60.3. The fourth-order valence-corrected chi connectivity index (χ4v) is 13.1. The summed E-state index contributed by atoms with van der Waals surface area (Å²) in [5.41, 5.74) is 0. The summed E-state index contributed by atoms with van der Waals surface area (Å²) < 4.78 is 34.5. The van der Waals surface area contributed by atoms with Crippen LogP contribution >= 0.6 is 0 Å². The number of ether oxygens (including phenoxy) is 6. The van der Waals surface area contributed by atoms with E-state index in [2.05, 4.69) is 79.9 Å². The molecule has 12 N–H and O–H groups in total. The van der Waals surface area contributed by atoms with Crippen molar-refractivity contribution in [1.82, 2.24) is 5.32 Å². The van der Waals surface area contributed by atoms with Gasteiger partial charge in [-0.3, -0.25) is 4.79 Å². The number of aliphatic hydroxyl groups is 11. The van der Waals surface area contributed by atoms with Crippen molar-refractivity contribution in [3.05, 3.63) is 60.8 Å². The van der Waals surface area contributed by atoms with Gasteiger partial charge in [0.1, 0.15) is 73.2 Å². The molecule has 3 aliphatic rings. The fourth-order valence-electron chi connectivity index (χ4n) is 13.1. The summed E-state index contributed by atoms with van der Waals surface area (Å²) >= 11 is 0. The van der Waals surface area contributed by atoms with E-state index in [1.807, 2.05) is 0 Å². The minimum Gasteiger partial charge on any atom is -0.394 e. The lowest BCUT2D eigenvalue weighted by molar-refractivity contribution is -0.379. The molecule has 3 fully saturated rings. The molecule has 0 aromatic rings. The maximum Gasteiger partial charge on any atom is 0.220 e. The molecular weight excluding hydrogens is 1240 g/mol. The molecule has 0 saturated carbocycles. The molecule has 1 amide bonds. The lowest BCUT2D eigenvalue weighted by atomic mass is 9.96. The van der Waals surface area contributed by atoms with E-state index in [1.165, 1.54) is 180 Å². The molecule has 3 saturated heterocycles. The molecule has 97 heavy (non-hydrogen) atoms. The van der Waals surface area contributed by atoms with Crippen molar-refractivity contribution in [2.45, 2.75) is 401 Å². The van der Waals surface area contributed by atoms with Crippen molar-refractivity contribution in [1.29, 1.82) is 0 Å². The van der Waals surface area contributed by atoms with Crippen molar-refractivity contribution in [3.63, 3.8) is 0 Å². The third kappa shape index (κ3) is 39.6. The average molecular weight is 1380 g/mol. The Balaban J connectivity index is 1.38. The summed E-state index contributed by atoms with van der Waals surface area (Å²) in [6.07, 6.45) is 47.2. The molecule has 0 aromatic heterocycles. The van der Waals surface area contributed by atoms with Crippen molar-refractivity contribution in [3.8, 4) is 0 Å². The molecule has 0 radical (unpaired) electrons. The van der Waals surface area contributed by atoms with Crippen LogP contribution in [0.25, 0.3) is 0 Å². The number of carbonyl (C=O) groups is 1. The molecule has 19 nitrogen and oxygen atoms in total. The Morgan fingerprint density at radius 1 is 0.381 bits per heavy atom. The molecule has 0 aliphatic carbocycles. The Morgan fingerprint density at radius 2 is 0.711 bits per heavy atom. The second-order valence-corrected chi connectivity index (χ2v) is 27.8. The van der Waals surface area contributed by atoms with E-state index in [1.54, 1.807) is 0 Å². The second kappa shape index (κ2) is 58.9. The smallest absolute Gasteiger partial charge is 0.220 e. The first-order valence-electron chi connectivity index (χ1n) is 39.0. The molecule has 0 aromatic carbocycles. The van der Waals surface area contributed by atoms with Gasteiger partial charge in [-0.25, -0.2) is 0 Å². The summed E-state index contributed by atoms with van der Waals surface area (Å²) in [5.74, 6) is -0.242. The molecule has 0 bridgehead atoms. The molecule has 17 unspecified atom stereocenters. The summed E-state index contributed by atoms with van der Waals surface area (Å²) in [4.78, 5) is 13.5. The Morgan fingerprint density at radius 3 is 1.11 bits per heavy atom. The van der Waals surface area contributed by atoms with E-state index in [0.717, 1.165) is 83.5 Å². The largest absolute Gasteiger partial charge is 0.394 e. The quantitative estimate of drug-likeness (QED) is 0.0199. The number of rotatable bonds is 61. The third-order valence-electron chi connectivity index (χ3n) is 19.4. The van der Waals surface area contributed by atoms with Gasteiger partial charge in [-0.15, -0.1) is 0 Å². The Hall–Kier alpha value is -2.51. The van der Waals surface area contributed by atoms with E-state index in [4.69, 9.17) is 28.4 Å². The van der Waals surface area contributed by atoms with Gasteiger partial charge in [-0.2, -0.15) is 0 Å². The van der Waals surface area contributed by atoms with Crippen LogP contribution in [0.2, 0.25) is 0 Å². The fraction of sp³-hybridized carbons (Fsp3) is 0.859. The number of unbranched alkanes of at least 4 members (excludes halogenated alkanes) is 35. The van der Waals surface area contributed by atoms with Gasteiger partial charge in [0.05, 0.1) is 38.6 Å². The van der Waals surface area contributed by atoms with Gasteiger partial charge < -0.3 is 89.9 Å². The summed E-state index contributed by atoms with van der Waals surface area (Å²) in [7, 11) is 0. The number of amides is 1. The molecule has 3 heterocycles. The first-order valence-corrected chi connectivity index (χ1v) is 39.0. The highest BCUT2D eigenvalue weighted by atomic mass is 16.8. The lowest BCUT2D eigenvalue weighted by Gasteiger charge is -2.48. The summed E-state index contributed by atoms with van der Waals surface area (Å²) in [5, 5.41) is 121. The Kier molecular flexibility index (Phi) is 53.9. The van der Waals surface area contributed by atoms with Crippen LogP contribution in [0.1, 0.15) is 296 Å². The minimum absolute atomic E-state index is 0.242. The normalized spacial score (nSPS) is 27.2. The monoisotopic (exact) mass is 1380 g/mol. The number of carbonyl (C=O) groups excluding carboxylic acids is 1. The van der Waals surface area contributed by atoms with Crippen LogP contribution in [0.3, 0.4) is 0 Å². The summed E-state index contributed by atoms with van der Waals surface area (Å²) in [6, 6.07) is -0.892. The number of nitrogens with one attached hydrogen (secondary N) is 1. The highest BCUT2D eigenvalue weighted by Crippen LogP contribution is 2.33. The molecular formula is C78H141NO18. The number of allylic oxidation sites excluding steroid dienone is 10. The Labute approximate surface area is 586 Å². The van der Waals surface area contributed by atoms with Gasteiger partial charge in [0.25, 0.3) is 0 Å². The van der Waals surface area contributed by atoms with E-state index in [9.17, 15) is 61.0 Å². The minimum atomic E-state index is -1.97. The summed E-state index contributed by atoms with van der Waals surface area (Å²) in [6.45, 7) is 1.72. The van der Waals surface area contributed by atoms with Gasteiger partial charge in [0, 0.05) is 6.42 Å². The highest BCUT2D eigenvalue weighted by molar-refractivity contribution is 5.76. The van der Waals surface area contributed by atoms with Crippen LogP contribution in [0.5, 0.6) is 0 Å². The van der Waals surface area contributed by atoms with E-state index >= 15 is 0 Å². The maximum atomic E-state index is 13.5. The van der Waals surface area contributed by atoms with E-state index < -0.39 is 124 Å². The van der Waals surface area contributed by atoms with Crippen LogP contribution in [-0.4, -0.2) is 193 Å². The van der Waals surface area contributed by atoms with Crippen LogP contribution in [0.4, 0.5) is 0 Å². The molecule has 0 spiro atoms. The predicted octanol–water partition coefficient (Wildman–Crippen LogP) is 12.3. The van der Waals surface area contributed by atoms with Crippen LogP contribution in [0, 0.1) is 0 Å². The molecule has 3 aliphatic heterocycles. The van der Waals surface area contributed by atoms with Crippen molar-refractivity contribution < 1.29 is 89.4 Å². The van der Waals surface area contributed by atoms with Crippen molar-refractivity contribution in [2.24, 2.45) is 0 Å². The Bertz CT molecular complexity index is 1990. The van der Waals surface area contributed by atoms with Gasteiger partial charge in [-0.1, -0.05) is 293 Å². The molecule has 3 rings (SSSR count). The van der Waals surface area contributed by atoms with Crippen LogP contribution in [-0.2, 0) is 33.2 Å². The van der Waals surface area contributed by atoms with Gasteiger partial charge in [-0.05, 0) is 57.8 Å². The van der Waals surface area contributed by atoms with Crippen molar-refractivity contribution in [2.75, 3.05) is 26.4 Å². The third-order valence-corrected chi connectivity index (χ3v) is 19.4. The maximum absolute atomic E-state index is 13.5. The topological polar surface area (TPSA) is 307 Å². The predicted molar refractivity (Wildman–Crippen MR) is 383 cm³/mol. The van der Waals surface area contributed by atoms with Crippen molar-refractivity contribution >= 4 is 5.91 Å². The second-order valence-electron chi connectivity index (χ2n) is 27.8. The van der Waals surface area contributed by atoms with Crippen LogP contribution < -0.4 is 5.32 Å². The van der Waals surface area contributed by atoms with Gasteiger partial charge in [0.2, 0.25) is 5.91 Å². The first-order chi connectivity index (χ1) is 47.3. The van der Waals surface area contributed by atoms with E-state index in [-0.39, 0.29) is 18.9 Å². The number of aliphatic hydroxyl groups excluding tert-OH is 11. The lowest BCUT2D eigenvalue weighted by Crippen LogP contribution is -2.66.